The molecule has 0 bridgehead atoms. The Morgan fingerprint density at radius 1 is 1.00 bits per heavy atom. The van der Waals surface area contributed by atoms with Crippen LogP contribution in [0, 0.1) is 10.1 Å². The summed E-state index contributed by atoms with van der Waals surface area (Å²) in [6.07, 6.45) is 1.31. The molecule has 0 aliphatic carbocycles. The number of non-ortho nitro benzene ring substituents is 1. The van der Waals surface area contributed by atoms with Crippen LogP contribution in [0.3, 0.4) is 0 Å². The van der Waals surface area contributed by atoms with Crippen molar-refractivity contribution in [2.24, 2.45) is 0 Å². The second-order valence-corrected chi connectivity index (χ2v) is 5.47. The molecule has 2 aromatic rings. The van der Waals surface area contributed by atoms with E-state index in [1.54, 1.807) is 18.2 Å². The molecule has 0 saturated carbocycles. The van der Waals surface area contributed by atoms with Crippen LogP contribution >= 0.6 is 0 Å². The molecule has 0 amide bonds. The van der Waals surface area contributed by atoms with Crippen molar-refractivity contribution in [3.05, 3.63) is 75.7 Å². The van der Waals surface area contributed by atoms with E-state index in [9.17, 15) is 18.5 Å². The topological polar surface area (TPSA) is 86.5 Å². The van der Waals surface area contributed by atoms with E-state index in [4.69, 9.17) is 4.18 Å². The highest BCUT2D eigenvalue weighted by molar-refractivity contribution is 7.90. The van der Waals surface area contributed by atoms with Gasteiger partial charge < -0.3 is 4.18 Å². The molecule has 6 nitrogen and oxygen atoms in total. The van der Waals surface area contributed by atoms with Crippen molar-refractivity contribution in [2.75, 3.05) is 0 Å². The van der Waals surface area contributed by atoms with Crippen LogP contribution in [0.1, 0.15) is 5.56 Å². The first kappa shape index (κ1) is 14.7. The van der Waals surface area contributed by atoms with E-state index < -0.39 is 15.0 Å². The largest absolute Gasteiger partial charge is 0.379 e. The smallest absolute Gasteiger partial charge is 0.332 e. The standard InChI is InChI=1S/C14H11NO5S/c16-15(17)13-8-6-12(7-9-13)10-11-21(18,19)20-14-4-2-1-3-5-14/h1-11H/b11-10+. The van der Waals surface area contributed by atoms with Gasteiger partial charge in [0.25, 0.3) is 5.69 Å². The minimum atomic E-state index is -3.87. The molecule has 0 heterocycles. The van der Waals surface area contributed by atoms with Crippen LogP contribution < -0.4 is 4.18 Å². The van der Waals surface area contributed by atoms with Crippen molar-refractivity contribution >= 4 is 21.9 Å². The molecule has 0 N–H and O–H groups in total. The summed E-state index contributed by atoms with van der Waals surface area (Å²) in [6.45, 7) is 0. The summed E-state index contributed by atoms with van der Waals surface area (Å²) in [5.41, 5.74) is 0.455. The van der Waals surface area contributed by atoms with E-state index >= 15 is 0 Å². The van der Waals surface area contributed by atoms with Gasteiger partial charge in [-0.15, -0.1) is 0 Å². The van der Waals surface area contributed by atoms with Crippen LogP contribution in [0.25, 0.3) is 6.08 Å². The predicted molar refractivity (Wildman–Crippen MR) is 78.1 cm³/mol. The zero-order chi connectivity index (χ0) is 15.3. The average Bonchev–Trinajstić information content (AvgIpc) is 2.46. The van der Waals surface area contributed by atoms with Gasteiger partial charge in [0, 0.05) is 12.1 Å². The van der Waals surface area contributed by atoms with Crippen molar-refractivity contribution in [3.8, 4) is 5.75 Å². The molecule has 0 aliphatic heterocycles. The third-order valence-electron chi connectivity index (χ3n) is 2.49. The lowest BCUT2D eigenvalue weighted by Gasteiger charge is -2.02. The Morgan fingerprint density at radius 3 is 2.19 bits per heavy atom. The van der Waals surface area contributed by atoms with Gasteiger partial charge in [-0.3, -0.25) is 10.1 Å². The molecule has 0 unspecified atom stereocenters. The Kier molecular flexibility index (Phi) is 4.34. The number of hydrogen-bond acceptors (Lipinski definition) is 5. The molecular formula is C14H11NO5S. The number of rotatable bonds is 5. The Balaban J connectivity index is 2.10. The Hall–Kier alpha value is -2.67. The molecule has 0 aromatic heterocycles. The van der Waals surface area contributed by atoms with Gasteiger partial charge in [-0.25, -0.2) is 0 Å². The number of nitro benzene ring substituents is 1. The molecule has 21 heavy (non-hydrogen) atoms. The second kappa shape index (κ2) is 6.19. The third-order valence-corrected chi connectivity index (χ3v) is 3.38. The van der Waals surface area contributed by atoms with Crippen LogP contribution in [-0.2, 0) is 10.1 Å². The summed E-state index contributed by atoms with van der Waals surface area (Å²) in [7, 11) is -3.87. The minimum Gasteiger partial charge on any atom is -0.379 e. The van der Waals surface area contributed by atoms with Crippen LogP contribution in [-0.4, -0.2) is 13.3 Å². The number of nitrogens with zero attached hydrogens (tertiary/aromatic N) is 1. The maximum atomic E-state index is 11.7. The first-order valence-electron chi connectivity index (χ1n) is 5.88. The zero-order valence-electron chi connectivity index (χ0n) is 10.7. The highest BCUT2D eigenvalue weighted by atomic mass is 32.2. The number of hydrogen-bond donors (Lipinski definition) is 0. The molecule has 108 valence electrons. The molecule has 0 radical (unpaired) electrons. The SMILES string of the molecule is O=[N+]([O-])c1ccc(/C=C/S(=O)(=O)Oc2ccccc2)cc1. The molecule has 0 atom stereocenters. The molecule has 0 aliphatic rings. The van der Waals surface area contributed by atoms with Gasteiger partial charge >= 0.3 is 10.1 Å². The van der Waals surface area contributed by atoms with Crippen molar-refractivity contribution in [1.82, 2.24) is 0 Å². The van der Waals surface area contributed by atoms with Gasteiger partial charge in [-0.2, -0.15) is 8.42 Å². The normalized spacial score (nSPS) is 11.4. The lowest BCUT2D eigenvalue weighted by molar-refractivity contribution is -0.384. The fraction of sp³-hybridized carbons (Fsp3) is 0. The van der Waals surface area contributed by atoms with Crippen LogP contribution in [0.4, 0.5) is 5.69 Å². The maximum Gasteiger partial charge on any atom is 0.332 e. The average molecular weight is 305 g/mol. The van der Waals surface area contributed by atoms with Gasteiger partial charge in [0.15, 0.2) is 0 Å². The summed E-state index contributed by atoms with van der Waals surface area (Å²) in [6, 6.07) is 13.6. The molecule has 7 heteroatoms. The van der Waals surface area contributed by atoms with Crippen molar-refractivity contribution < 1.29 is 17.5 Å². The van der Waals surface area contributed by atoms with Crippen molar-refractivity contribution in [3.63, 3.8) is 0 Å². The van der Waals surface area contributed by atoms with E-state index in [0.717, 1.165) is 5.41 Å². The van der Waals surface area contributed by atoms with Crippen LogP contribution in [0.2, 0.25) is 0 Å². The first-order valence-corrected chi connectivity index (χ1v) is 7.35. The fourth-order valence-corrected chi connectivity index (χ4v) is 2.27. The summed E-state index contributed by atoms with van der Waals surface area (Å²) < 4.78 is 28.3. The van der Waals surface area contributed by atoms with Gasteiger partial charge in [0.05, 0.1) is 10.3 Å². The molecular weight excluding hydrogens is 294 g/mol. The summed E-state index contributed by atoms with van der Waals surface area (Å²) in [5.74, 6) is 0.214. The first-order chi connectivity index (χ1) is 9.96. The van der Waals surface area contributed by atoms with Gasteiger partial charge in [0.2, 0.25) is 0 Å². The predicted octanol–water partition coefficient (Wildman–Crippen LogP) is 2.97. The van der Waals surface area contributed by atoms with Crippen LogP contribution in [0.5, 0.6) is 5.75 Å². The Bertz CT molecular complexity index is 752. The molecule has 2 aromatic carbocycles. The number of nitro groups is 1. The van der Waals surface area contributed by atoms with Crippen molar-refractivity contribution in [1.29, 1.82) is 0 Å². The van der Waals surface area contributed by atoms with Gasteiger partial charge in [0.1, 0.15) is 5.75 Å². The maximum absolute atomic E-state index is 11.7. The number of para-hydroxylation sites is 1. The fourth-order valence-electron chi connectivity index (χ4n) is 1.51. The summed E-state index contributed by atoms with van der Waals surface area (Å²) in [4.78, 5) is 9.98. The third kappa shape index (κ3) is 4.43. The Morgan fingerprint density at radius 2 is 1.62 bits per heavy atom. The van der Waals surface area contributed by atoms with Gasteiger partial charge in [-0.05, 0) is 35.9 Å². The minimum absolute atomic E-state index is 0.0597. The highest BCUT2D eigenvalue weighted by Crippen LogP contribution is 2.15. The molecule has 0 spiro atoms. The van der Waals surface area contributed by atoms with E-state index in [1.807, 2.05) is 0 Å². The summed E-state index contributed by atoms with van der Waals surface area (Å²) in [5, 5.41) is 11.4. The van der Waals surface area contributed by atoms with E-state index in [2.05, 4.69) is 0 Å². The van der Waals surface area contributed by atoms with E-state index in [-0.39, 0.29) is 11.4 Å². The highest BCUT2D eigenvalue weighted by Gasteiger charge is 2.08. The van der Waals surface area contributed by atoms with E-state index in [1.165, 1.54) is 42.5 Å². The lowest BCUT2D eigenvalue weighted by Crippen LogP contribution is -2.04. The van der Waals surface area contributed by atoms with Gasteiger partial charge in [-0.1, -0.05) is 18.2 Å². The number of benzene rings is 2. The quantitative estimate of drug-likeness (QED) is 0.481. The molecule has 2 rings (SSSR count). The molecule has 0 saturated heterocycles. The lowest BCUT2D eigenvalue weighted by atomic mass is 10.2. The monoisotopic (exact) mass is 305 g/mol. The Labute approximate surface area is 121 Å². The zero-order valence-corrected chi connectivity index (χ0v) is 11.6. The molecule has 0 fully saturated rings. The second-order valence-electron chi connectivity index (χ2n) is 4.04. The van der Waals surface area contributed by atoms with Crippen molar-refractivity contribution in [2.45, 2.75) is 0 Å². The van der Waals surface area contributed by atoms with Crippen LogP contribution in [0.15, 0.2) is 60.0 Å². The summed E-state index contributed by atoms with van der Waals surface area (Å²) >= 11 is 0. The van der Waals surface area contributed by atoms with E-state index in [0.29, 0.717) is 5.56 Å².